The van der Waals surface area contributed by atoms with Gasteiger partial charge in [-0.2, -0.15) is 0 Å². The Hall–Kier alpha value is -5.19. The van der Waals surface area contributed by atoms with Crippen molar-refractivity contribution >= 4 is 11.9 Å². The second-order valence-corrected chi connectivity index (χ2v) is 22.8. The minimum Gasteiger partial charge on any atom is -0.306 e. The van der Waals surface area contributed by atoms with E-state index < -0.39 is 0 Å². The molecule has 0 fully saturated rings. The van der Waals surface area contributed by atoms with E-state index in [1.807, 2.05) is 0 Å². The average Bonchev–Trinajstić information content (AvgIpc) is 3.32. The zero-order valence-electron chi connectivity index (χ0n) is 44.6. The lowest BCUT2D eigenvalue weighted by Crippen LogP contribution is -2.03. The fraction of sp³-hybridized carbons (Fsp3) is 0.364. The standard InChI is InChI=1S/C66H79NOS/c1-38(2)52-22-17-23-53(39(3)4)62(52)48-32-46(33-49(36-48)63-54(40(5)6)24-18-25-55(63)41(7)8)60-30-21-31-61(66(60)69-67-68)47-34-50(64-56(42(9)10)26-19-27-57(64)43(11)12)37-51(35-47)65-58(44(13)14)28-20-29-59(65)45(15)16/h17-45,67-68H,1-16H3. The van der Waals surface area contributed by atoms with Gasteiger partial charge in [0.25, 0.3) is 0 Å². The zero-order valence-corrected chi connectivity index (χ0v) is 45.4. The van der Waals surface area contributed by atoms with E-state index in [1.165, 1.54) is 101 Å². The average molecular weight is 934 g/mol. The molecule has 0 saturated carbocycles. The maximum absolute atomic E-state index is 10.9. The maximum Gasteiger partial charge on any atom is 0.0406 e. The highest BCUT2D eigenvalue weighted by Crippen LogP contribution is 2.48. The second-order valence-electron chi connectivity index (χ2n) is 22.0. The predicted molar refractivity (Wildman–Crippen MR) is 303 cm³/mol. The summed E-state index contributed by atoms with van der Waals surface area (Å²) in [6.07, 6.45) is 0. The van der Waals surface area contributed by atoms with Gasteiger partial charge in [-0.15, -0.1) is 4.89 Å². The van der Waals surface area contributed by atoms with Gasteiger partial charge in [-0.3, -0.25) is 0 Å². The molecule has 0 bridgehead atoms. The first-order chi connectivity index (χ1) is 32.8. The van der Waals surface area contributed by atoms with Gasteiger partial charge < -0.3 is 5.21 Å². The summed E-state index contributed by atoms with van der Waals surface area (Å²) in [5.74, 6) is 2.69. The highest BCUT2D eigenvalue weighted by molar-refractivity contribution is 7.97. The van der Waals surface area contributed by atoms with Crippen molar-refractivity contribution in [2.75, 3.05) is 0 Å². The summed E-state index contributed by atoms with van der Waals surface area (Å²) in [7, 11) is 0. The summed E-state index contributed by atoms with van der Waals surface area (Å²) < 4.78 is 0. The maximum atomic E-state index is 10.9. The lowest BCUT2D eigenvalue weighted by molar-refractivity contribution is 0.258. The fourth-order valence-electron chi connectivity index (χ4n) is 10.8. The van der Waals surface area contributed by atoms with Crippen LogP contribution in [-0.4, -0.2) is 5.21 Å². The highest BCUT2D eigenvalue weighted by atomic mass is 32.2. The molecular formula is C66H79NOS. The Balaban J connectivity index is 1.63. The topological polar surface area (TPSA) is 32.3 Å². The Morgan fingerprint density at radius 1 is 0.290 bits per heavy atom. The van der Waals surface area contributed by atoms with E-state index >= 15 is 0 Å². The van der Waals surface area contributed by atoms with Crippen molar-refractivity contribution < 1.29 is 5.21 Å². The van der Waals surface area contributed by atoms with Crippen molar-refractivity contribution in [1.82, 2.24) is 4.89 Å². The molecule has 3 heteroatoms. The molecule has 0 atom stereocenters. The third-order valence-corrected chi connectivity index (χ3v) is 15.0. The van der Waals surface area contributed by atoms with Crippen LogP contribution in [-0.2, 0) is 0 Å². The molecule has 0 unspecified atom stereocenters. The number of hydrogen-bond donors (Lipinski definition) is 2. The Morgan fingerprint density at radius 2 is 0.478 bits per heavy atom. The van der Waals surface area contributed by atoms with Crippen LogP contribution >= 0.6 is 11.9 Å². The van der Waals surface area contributed by atoms with Gasteiger partial charge >= 0.3 is 0 Å². The largest absolute Gasteiger partial charge is 0.306 e. The molecule has 0 amide bonds. The number of benzene rings is 7. The van der Waals surface area contributed by atoms with Gasteiger partial charge in [0.05, 0.1) is 0 Å². The van der Waals surface area contributed by atoms with E-state index in [-0.39, 0.29) is 0 Å². The summed E-state index contributed by atoms with van der Waals surface area (Å²) in [5.41, 5.74) is 25.5. The normalized spacial score (nSPS) is 12.1. The van der Waals surface area contributed by atoms with E-state index in [0.717, 1.165) is 27.1 Å². The van der Waals surface area contributed by atoms with Gasteiger partial charge in [0.2, 0.25) is 0 Å². The molecule has 7 aromatic rings. The molecule has 0 aliphatic heterocycles. The highest BCUT2D eigenvalue weighted by Gasteiger charge is 2.25. The molecule has 0 aromatic heterocycles. The summed E-state index contributed by atoms with van der Waals surface area (Å²) in [5, 5.41) is 10.9. The third kappa shape index (κ3) is 10.6. The first-order valence-electron chi connectivity index (χ1n) is 25.9. The van der Waals surface area contributed by atoms with E-state index in [2.05, 4.69) is 243 Å². The van der Waals surface area contributed by atoms with Crippen molar-refractivity contribution in [3.05, 3.63) is 172 Å². The first-order valence-corrected chi connectivity index (χ1v) is 26.7. The van der Waals surface area contributed by atoms with Gasteiger partial charge in [0.1, 0.15) is 0 Å². The van der Waals surface area contributed by atoms with Crippen LogP contribution in [0.4, 0.5) is 0 Å². The molecule has 7 rings (SSSR count). The van der Waals surface area contributed by atoms with Crippen LogP contribution in [0.1, 0.15) is 203 Å². The van der Waals surface area contributed by atoms with Crippen molar-refractivity contribution in [2.45, 2.75) is 163 Å². The fourth-order valence-corrected chi connectivity index (χ4v) is 11.5. The van der Waals surface area contributed by atoms with Crippen LogP contribution < -0.4 is 4.89 Å². The molecule has 0 radical (unpaired) electrons. The zero-order chi connectivity index (χ0) is 50.0. The monoisotopic (exact) mass is 934 g/mol. The van der Waals surface area contributed by atoms with Crippen molar-refractivity contribution in [3.8, 4) is 66.8 Å². The molecule has 0 aliphatic carbocycles. The van der Waals surface area contributed by atoms with Crippen LogP contribution in [0.3, 0.4) is 0 Å². The molecule has 0 aliphatic rings. The lowest BCUT2D eigenvalue weighted by atomic mass is 9.80. The second kappa shape index (κ2) is 21.8. The predicted octanol–water partition coefficient (Wildman–Crippen LogP) is 20.7. The number of nitrogens with one attached hydrogen (secondary N) is 1. The Morgan fingerprint density at radius 3 is 0.667 bits per heavy atom. The molecule has 2 nitrogen and oxygen atoms in total. The van der Waals surface area contributed by atoms with Crippen molar-refractivity contribution in [2.24, 2.45) is 0 Å². The van der Waals surface area contributed by atoms with Crippen molar-refractivity contribution in [1.29, 1.82) is 0 Å². The van der Waals surface area contributed by atoms with Gasteiger partial charge in [-0.05, 0) is 207 Å². The minimum atomic E-state index is 0.337. The van der Waals surface area contributed by atoms with Crippen LogP contribution in [0.2, 0.25) is 0 Å². The van der Waals surface area contributed by atoms with Gasteiger partial charge in [0, 0.05) is 4.90 Å². The van der Waals surface area contributed by atoms with Gasteiger partial charge in [-0.1, -0.05) is 202 Å². The van der Waals surface area contributed by atoms with Gasteiger partial charge in [0.15, 0.2) is 0 Å². The SMILES string of the molecule is CC(C)c1cccc(C(C)C)c1-c1cc(-c2cccc(-c3cc(-c4c(C(C)C)cccc4C(C)C)cc(-c4c(C(C)C)cccc4C(C)C)c3)c2SNO)cc(-c2c(C(C)C)cccc2C(C)C)c1. The number of hydrogen-bond acceptors (Lipinski definition) is 3. The molecule has 69 heavy (non-hydrogen) atoms. The smallest absolute Gasteiger partial charge is 0.0406 e. The van der Waals surface area contributed by atoms with Crippen LogP contribution in [0.15, 0.2) is 132 Å². The molecule has 7 aromatic carbocycles. The Labute approximate surface area is 421 Å². The summed E-state index contributed by atoms with van der Waals surface area (Å²) in [6, 6.07) is 48.9. The Kier molecular flexibility index (Phi) is 16.4. The van der Waals surface area contributed by atoms with E-state index in [0.29, 0.717) is 47.3 Å². The van der Waals surface area contributed by atoms with Crippen LogP contribution in [0, 0.1) is 0 Å². The van der Waals surface area contributed by atoms with E-state index in [1.54, 1.807) is 0 Å². The first kappa shape index (κ1) is 51.7. The molecule has 2 N–H and O–H groups in total. The number of rotatable bonds is 16. The van der Waals surface area contributed by atoms with Gasteiger partial charge in [-0.25, -0.2) is 0 Å². The quantitative estimate of drug-likeness (QED) is 0.0748. The summed E-state index contributed by atoms with van der Waals surface area (Å²) in [4.78, 5) is 3.58. The summed E-state index contributed by atoms with van der Waals surface area (Å²) >= 11 is 1.29. The molecule has 0 heterocycles. The lowest BCUT2D eigenvalue weighted by Gasteiger charge is -2.25. The van der Waals surface area contributed by atoms with Crippen LogP contribution in [0.25, 0.3) is 66.8 Å². The van der Waals surface area contributed by atoms with E-state index in [9.17, 15) is 5.21 Å². The van der Waals surface area contributed by atoms with Crippen LogP contribution in [0.5, 0.6) is 0 Å². The third-order valence-electron chi connectivity index (χ3n) is 14.3. The van der Waals surface area contributed by atoms with E-state index in [4.69, 9.17) is 0 Å². The minimum absolute atomic E-state index is 0.337. The summed E-state index contributed by atoms with van der Waals surface area (Å²) in [6.45, 7) is 37.1. The Bertz CT molecular complexity index is 2460. The molecule has 0 spiro atoms. The molecular weight excluding hydrogens is 855 g/mol. The van der Waals surface area contributed by atoms with Crippen molar-refractivity contribution in [3.63, 3.8) is 0 Å². The molecule has 360 valence electrons. The molecule has 0 saturated heterocycles.